The topological polar surface area (TPSA) is 108 Å². The van der Waals surface area contributed by atoms with Crippen LogP contribution in [-0.2, 0) is 13.0 Å². The summed E-state index contributed by atoms with van der Waals surface area (Å²) in [6.45, 7) is 6.64. The number of carbonyl (C=O) groups excluding carboxylic acids is 1. The second-order valence-corrected chi connectivity index (χ2v) is 8.62. The van der Waals surface area contributed by atoms with Crippen LogP contribution in [0.3, 0.4) is 0 Å². The van der Waals surface area contributed by atoms with Crippen molar-refractivity contribution in [1.82, 2.24) is 15.3 Å². The number of piperazine rings is 1. The lowest BCUT2D eigenvalue weighted by molar-refractivity contribution is -0.971. The van der Waals surface area contributed by atoms with Crippen LogP contribution in [0.5, 0.6) is 0 Å². The van der Waals surface area contributed by atoms with Crippen LogP contribution in [0, 0.1) is 18.3 Å². The molecular formula is C25H29N6O+. The van der Waals surface area contributed by atoms with Gasteiger partial charge in [-0.3, -0.25) is 4.79 Å². The molecule has 1 fully saturated rings. The molecule has 2 aromatic carbocycles. The van der Waals surface area contributed by atoms with E-state index < -0.39 is 5.91 Å². The second-order valence-electron chi connectivity index (χ2n) is 8.62. The number of nitriles is 1. The number of aromatic amines is 1. The Morgan fingerprint density at radius 1 is 1.19 bits per heavy atom. The van der Waals surface area contributed by atoms with Gasteiger partial charge in [0.1, 0.15) is 12.6 Å². The summed E-state index contributed by atoms with van der Waals surface area (Å²) in [5.74, 6) is -0.392. The first kappa shape index (κ1) is 21.8. The Hall–Kier alpha value is -3.47. The van der Waals surface area contributed by atoms with Gasteiger partial charge in [-0.1, -0.05) is 18.2 Å². The molecule has 1 unspecified atom stereocenters. The summed E-state index contributed by atoms with van der Waals surface area (Å²) in [5, 5.41) is 12.6. The van der Waals surface area contributed by atoms with Crippen molar-refractivity contribution in [3.8, 4) is 6.07 Å². The van der Waals surface area contributed by atoms with E-state index in [-0.39, 0.29) is 6.04 Å². The normalized spacial score (nSPS) is 16.2. The van der Waals surface area contributed by atoms with Crippen molar-refractivity contribution in [1.29, 1.82) is 5.26 Å². The third-order valence-electron chi connectivity index (χ3n) is 6.57. The molecule has 1 saturated heterocycles. The number of nitrogens with two attached hydrogens (primary N) is 1. The lowest BCUT2D eigenvalue weighted by Crippen LogP contribution is -2.60. The summed E-state index contributed by atoms with van der Waals surface area (Å²) >= 11 is 0. The Morgan fingerprint density at radius 2 is 1.91 bits per heavy atom. The van der Waals surface area contributed by atoms with E-state index in [0.717, 1.165) is 54.9 Å². The Balaban J connectivity index is 1.71. The summed E-state index contributed by atoms with van der Waals surface area (Å²) in [7, 11) is 0. The molecular weight excluding hydrogens is 400 g/mol. The first-order valence-corrected chi connectivity index (χ1v) is 10.9. The number of aryl methyl sites for hydroxylation is 1. The lowest BCUT2D eigenvalue weighted by atomic mass is 9.95. The van der Waals surface area contributed by atoms with E-state index in [1.54, 1.807) is 6.33 Å². The van der Waals surface area contributed by atoms with E-state index in [9.17, 15) is 4.79 Å². The fourth-order valence-electron chi connectivity index (χ4n) is 4.87. The molecule has 0 spiro atoms. The molecule has 1 atom stereocenters. The fourth-order valence-corrected chi connectivity index (χ4v) is 4.87. The zero-order valence-electron chi connectivity index (χ0n) is 18.3. The van der Waals surface area contributed by atoms with Gasteiger partial charge in [-0.2, -0.15) is 5.26 Å². The van der Waals surface area contributed by atoms with E-state index in [4.69, 9.17) is 11.0 Å². The molecule has 32 heavy (non-hydrogen) atoms. The van der Waals surface area contributed by atoms with Gasteiger partial charge in [-0.25, -0.2) is 4.98 Å². The maximum absolute atomic E-state index is 11.7. The summed E-state index contributed by atoms with van der Waals surface area (Å²) in [4.78, 5) is 19.4. The van der Waals surface area contributed by atoms with Crippen LogP contribution in [-0.4, -0.2) is 46.5 Å². The Bertz CT molecular complexity index is 1110. The van der Waals surface area contributed by atoms with Crippen molar-refractivity contribution in [3.05, 3.63) is 88.5 Å². The predicted octanol–water partition coefficient (Wildman–Crippen LogP) is 2.59. The maximum Gasteiger partial charge on any atom is 0.248 e. The molecule has 7 nitrogen and oxygen atoms in total. The standard InChI is InChI=1S/C25H28N6O/c1-18-12-21(6-7-22(18)25(27)32)16-31(10-8-28-9-11-31)24(23-15-29-17-30-23)13-19-2-4-20(14-26)5-3-19/h2-7,12,15,17,24,28H,8-11,13,16H2,1H3,(H2-,27,29,30,32)/p+1. The number of quaternary nitrogens is 1. The van der Waals surface area contributed by atoms with E-state index >= 15 is 0 Å². The predicted molar refractivity (Wildman–Crippen MR) is 122 cm³/mol. The molecule has 0 saturated carbocycles. The molecule has 3 aromatic rings. The molecule has 1 aliphatic rings. The number of H-pyrrole nitrogens is 1. The average molecular weight is 430 g/mol. The number of aromatic nitrogens is 2. The van der Waals surface area contributed by atoms with Crippen LogP contribution in [0.1, 0.15) is 44.3 Å². The summed E-state index contributed by atoms with van der Waals surface area (Å²) in [6.07, 6.45) is 4.51. The highest BCUT2D eigenvalue weighted by atomic mass is 16.1. The molecule has 0 radical (unpaired) electrons. The minimum atomic E-state index is -0.392. The number of hydrogen-bond acceptors (Lipinski definition) is 4. The van der Waals surface area contributed by atoms with E-state index in [1.165, 1.54) is 11.1 Å². The first-order valence-electron chi connectivity index (χ1n) is 10.9. The smallest absolute Gasteiger partial charge is 0.248 e. The number of imidazole rings is 1. The molecule has 4 N–H and O–H groups in total. The largest absolute Gasteiger partial charge is 0.366 e. The first-order chi connectivity index (χ1) is 15.5. The molecule has 164 valence electrons. The molecule has 1 aromatic heterocycles. The van der Waals surface area contributed by atoms with Gasteiger partial charge in [0.15, 0.2) is 0 Å². The van der Waals surface area contributed by atoms with E-state index in [0.29, 0.717) is 11.1 Å². The van der Waals surface area contributed by atoms with Crippen LogP contribution >= 0.6 is 0 Å². The van der Waals surface area contributed by atoms with Gasteiger partial charge < -0.3 is 20.5 Å². The second kappa shape index (κ2) is 9.35. The number of hydrogen-bond donors (Lipinski definition) is 3. The number of primary amides is 1. The molecule has 7 heteroatoms. The minimum absolute atomic E-state index is 0.184. The fraction of sp³-hybridized carbons (Fsp3) is 0.320. The van der Waals surface area contributed by atoms with Crippen molar-refractivity contribution in [2.24, 2.45) is 5.73 Å². The van der Waals surface area contributed by atoms with Crippen LogP contribution in [0.25, 0.3) is 0 Å². The van der Waals surface area contributed by atoms with Crippen molar-refractivity contribution in [2.45, 2.75) is 25.9 Å². The quantitative estimate of drug-likeness (QED) is 0.502. The van der Waals surface area contributed by atoms with Gasteiger partial charge in [0.2, 0.25) is 5.91 Å². The monoisotopic (exact) mass is 429 g/mol. The number of nitrogens with one attached hydrogen (secondary N) is 2. The van der Waals surface area contributed by atoms with Gasteiger partial charge in [-0.05, 0) is 42.3 Å². The number of nitrogens with zero attached hydrogens (tertiary/aromatic N) is 3. The lowest BCUT2D eigenvalue weighted by Gasteiger charge is -2.47. The minimum Gasteiger partial charge on any atom is -0.366 e. The number of benzene rings is 2. The highest BCUT2D eigenvalue weighted by Gasteiger charge is 2.40. The van der Waals surface area contributed by atoms with Crippen LogP contribution in [0.15, 0.2) is 55.0 Å². The van der Waals surface area contributed by atoms with Crippen molar-refractivity contribution < 1.29 is 9.28 Å². The third kappa shape index (κ3) is 4.57. The van der Waals surface area contributed by atoms with Crippen LogP contribution < -0.4 is 11.1 Å². The maximum atomic E-state index is 11.7. The van der Waals surface area contributed by atoms with Gasteiger partial charge in [-0.15, -0.1) is 0 Å². The van der Waals surface area contributed by atoms with Gasteiger partial charge in [0, 0.05) is 30.6 Å². The van der Waals surface area contributed by atoms with Gasteiger partial charge >= 0.3 is 0 Å². The molecule has 1 aliphatic heterocycles. The number of carbonyl (C=O) groups is 1. The van der Waals surface area contributed by atoms with Gasteiger partial charge in [0.05, 0.1) is 42.9 Å². The van der Waals surface area contributed by atoms with Crippen LogP contribution in [0.4, 0.5) is 0 Å². The van der Waals surface area contributed by atoms with E-state index in [2.05, 4.69) is 27.4 Å². The molecule has 2 heterocycles. The van der Waals surface area contributed by atoms with Gasteiger partial charge in [0.25, 0.3) is 0 Å². The zero-order chi connectivity index (χ0) is 22.6. The van der Waals surface area contributed by atoms with Crippen molar-refractivity contribution in [3.63, 3.8) is 0 Å². The van der Waals surface area contributed by atoms with E-state index in [1.807, 2.05) is 49.5 Å². The average Bonchev–Trinajstić information content (AvgIpc) is 3.33. The third-order valence-corrected chi connectivity index (χ3v) is 6.57. The highest BCUT2D eigenvalue weighted by Crippen LogP contribution is 2.34. The SMILES string of the molecule is Cc1cc(C[N+]2(C(Cc3ccc(C#N)cc3)c3cnc[nH]3)CCNCC2)ccc1C(N)=O. The Labute approximate surface area is 188 Å². The molecule has 0 bridgehead atoms. The number of rotatable bonds is 7. The summed E-state index contributed by atoms with van der Waals surface area (Å²) in [5.41, 5.74) is 11.2. The number of amides is 1. The molecule has 1 amide bonds. The Kier molecular flexibility index (Phi) is 6.35. The zero-order valence-corrected chi connectivity index (χ0v) is 18.3. The molecule has 4 rings (SSSR count). The van der Waals surface area contributed by atoms with Crippen molar-refractivity contribution in [2.75, 3.05) is 26.2 Å². The summed E-state index contributed by atoms with van der Waals surface area (Å²) in [6, 6.07) is 16.2. The summed E-state index contributed by atoms with van der Waals surface area (Å²) < 4.78 is 0.880. The Morgan fingerprint density at radius 3 is 2.50 bits per heavy atom. The van der Waals surface area contributed by atoms with Crippen LogP contribution in [0.2, 0.25) is 0 Å². The highest BCUT2D eigenvalue weighted by molar-refractivity contribution is 5.94. The molecule has 0 aliphatic carbocycles. The van der Waals surface area contributed by atoms with Crippen molar-refractivity contribution >= 4 is 5.91 Å².